The molecule has 0 unspecified atom stereocenters. The van der Waals surface area contributed by atoms with Crippen molar-refractivity contribution >= 4 is 11.6 Å². The fourth-order valence-electron chi connectivity index (χ4n) is 2.85. The van der Waals surface area contributed by atoms with Gasteiger partial charge >= 0.3 is 0 Å². The van der Waals surface area contributed by atoms with E-state index in [4.69, 9.17) is 0 Å². The molecule has 7 heteroatoms. The maximum atomic E-state index is 13.5. The first-order valence-corrected chi connectivity index (χ1v) is 8.69. The summed E-state index contributed by atoms with van der Waals surface area (Å²) in [5.41, 5.74) is 1.89. The fraction of sp³-hybridized carbons (Fsp3) is 0. The van der Waals surface area contributed by atoms with Gasteiger partial charge in [0.15, 0.2) is 11.6 Å². The van der Waals surface area contributed by atoms with Gasteiger partial charge in [0, 0.05) is 23.5 Å². The highest BCUT2D eigenvalue weighted by molar-refractivity contribution is 6.08. The monoisotopic (exact) mass is 393 g/mol. The average Bonchev–Trinajstić information content (AvgIpc) is 3.18. The SMILES string of the molecule is O=C(Nc1ccc(F)c(F)c1)c1cn(-c2ccccc2)nc1-c1ccc(F)cc1. The molecule has 29 heavy (non-hydrogen) atoms. The number of halogens is 3. The van der Waals surface area contributed by atoms with Crippen LogP contribution in [0.25, 0.3) is 16.9 Å². The topological polar surface area (TPSA) is 46.9 Å². The number of para-hydroxylation sites is 1. The maximum absolute atomic E-state index is 13.5. The molecule has 144 valence electrons. The molecule has 1 amide bonds. The summed E-state index contributed by atoms with van der Waals surface area (Å²) in [6, 6.07) is 17.8. The highest BCUT2D eigenvalue weighted by Gasteiger charge is 2.19. The van der Waals surface area contributed by atoms with Crippen LogP contribution >= 0.6 is 0 Å². The van der Waals surface area contributed by atoms with Crippen LogP contribution < -0.4 is 5.32 Å². The van der Waals surface area contributed by atoms with Crippen molar-refractivity contribution < 1.29 is 18.0 Å². The van der Waals surface area contributed by atoms with Crippen molar-refractivity contribution in [2.45, 2.75) is 0 Å². The van der Waals surface area contributed by atoms with E-state index in [2.05, 4.69) is 10.4 Å². The fourth-order valence-corrected chi connectivity index (χ4v) is 2.85. The largest absolute Gasteiger partial charge is 0.322 e. The smallest absolute Gasteiger partial charge is 0.259 e. The van der Waals surface area contributed by atoms with Gasteiger partial charge in [-0.15, -0.1) is 0 Å². The molecule has 4 aromatic rings. The van der Waals surface area contributed by atoms with Crippen molar-refractivity contribution in [2.24, 2.45) is 0 Å². The molecule has 1 N–H and O–H groups in total. The van der Waals surface area contributed by atoms with E-state index >= 15 is 0 Å². The van der Waals surface area contributed by atoms with E-state index in [1.165, 1.54) is 41.2 Å². The zero-order valence-corrected chi connectivity index (χ0v) is 14.9. The number of hydrogen-bond acceptors (Lipinski definition) is 2. The molecule has 0 fully saturated rings. The van der Waals surface area contributed by atoms with Gasteiger partial charge in [0.1, 0.15) is 11.5 Å². The second-order valence-electron chi connectivity index (χ2n) is 6.26. The van der Waals surface area contributed by atoms with Crippen LogP contribution in [-0.4, -0.2) is 15.7 Å². The van der Waals surface area contributed by atoms with Gasteiger partial charge in [0.2, 0.25) is 0 Å². The van der Waals surface area contributed by atoms with Gasteiger partial charge in [0.05, 0.1) is 11.3 Å². The van der Waals surface area contributed by atoms with Crippen LogP contribution in [0, 0.1) is 17.5 Å². The first-order valence-electron chi connectivity index (χ1n) is 8.69. The highest BCUT2D eigenvalue weighted by atomic mass is 19.2. The van der Waals surface area contributed by atoms with Crippen molar-refractivity contribution in [2.75, 3.05) is 5.32 Å². The van der Waals surface area contributed by atoms with Crippen LogP contribution in [0.1, 0.15) is 10.4 Å². The van der Waals surface area contributed by atoms with Gasteiger partial charge < -0.3 is 5.32 Å². The van der Waals surface area contributed by atoms with Gasteiger partial charge in [-0.1, -0.05) is 18.2 Å². The Morgan fingerprint density at radius 3 is 2.28 bits per heavy atom. The summed E-state index contributed by atoms with van der Waals surface area (Å²) in [6.07, 6.45) is 1.53. The van der Waals surface area contributed by atoms with Crippen LogP contribution in [0.3, 0.4) is 0 Å². The molecule has 1 heterocycles. The summed E-state index contributed by atoms with van der Waals surface area (Å²) in [5.74, 6) is -3.05. The van der Waals surface area contributed by atoms with E-state index in [9.17, 15) is 18.0 Å². The lowest BCUT2D eigenvalue weighted by atomic mass is 10.1. The Kier molecular flexibility index (Phi) is 4.87. The van der Waals surface area contributed by atoms with Crippen molar-refractivity contribution in [3.8, 4) is 16.9 Å². The predicted molar refractivity (Wildman–Crippen MR) is 103 cm³/mol. The minimum Gasteiger partial charge on any atom is -0.322 e. The number of carbonyl (C=O) groups is 1. The highest BCUT2D eigenvalue weighted by Crippen LogP contribution is 2.25. The first-order chi connectivity index (χ1) is 14.0. The molecule has 0 spiro atoms. The predicted octanol–water partition coefficient (Wildman–Crippen LogP) is 5.21. The number of carbonyl (C=O) groups excluding carboxylic acids is 1. The van der Waals surface area contributed by atoms with Crippen molar-refractivity contribution in [1.82, 2.24) is 9.78 Å². The number of aromatic nitrogens is 2. The minimum atomic E-state index is -1.07. The lowest BCUT2D eigenvalue weighted by Crippen LogP contribution is -2.12. The molecule has 4 rings (SSSR count). The molecule has 0 aliphatic heterocycles. The van der Waals surface area contributed by atoms with Crippen molar-refractivity contribution in [3.63, 3.8) is 0 Å². The third kappa shape index (κ3) is 3.89. The molecule has 0 saturated heterocycles. The number of nitrogens with one attached hydrogen (secondary N) is 1. The van der Waals surface area contributed by atoms with E-state index in [0.29, 0.717) is 11.3 Å². The van der Waals surface area contributed by atoms with Crippen LogP contribution in [-0.2, 0) is 0 Å². The Morgan fingerprint density at radius 1 is 0.862 bits per heavy atom. The van der Waals surface area contributed by atoms with Crippen LogP contribution in [0.5, 0.6) is 0 Å². The summed E-state index contributed by atoms with van der Waals surface area (Å²) in [5, 5.41) is 7.01. The maximum Gasteiger partial charge on any atom is 0.259 e. The molecule has 4 nitrogen and oxygen atoms in total. The van der Waals surface area contributed by atoms with E-state index in [0.717, 1.165) is 17.8 Å². The van der Waals surface area contributed by atoms with E-state index in [-0.39, 0.29) is 11.3 Å². The van der Waals surface area contributed by atoms with Gasteiger partial charge in [-0.25, -0.2) is 17.9 Å². The minimum absolute atomic E-state index is 0.103. The third-order valence-corrected chi connectivity index (χ3v) is 4.27. The molecule has 0 aliphatic carbocycles. The summed E-state index contributed by atoms with van der Waals surface area (Å²) in [4.78, 5) is 12.9. The van der Waals surface area contributed by atoms with E-state index in [1.807, 2.05) is 30.3 Å². The molecular weight excluding hydrogens is 379 g/mol. The summed E-state index contributed by atoms with van der Waals surface area (Å²) in [7, 11) is 0. The second kappa shape index (κ2) is 7.63. The van der Waals surface area contributed by atoms with Crippen molar-refractivity contribution in [3.05, 3.63) is 102 Å². The molecule has 0 atom stereocenters. The van der Waals surface area contributed by atoms with Crippen LogP contribution in [0.4, 0.5) is 18.9 Å². The molecule has 3 aromatic carbocycles. The third-order valence-electron chi connectivity index (χ3n) is 4.27. The molecular formula is C22H14F3N3O. The number of rotatable bonds is 4. The molecule has 0 bridgehead atoms. The average molecular weight is 393 g/mol. The Labute approximate surface area is 164 Å². The number of hydrogen-bond donors (Lipinski definition) is 1. The quantitative estimate of drug-likeness (QED) is 0.517. The molecule has 0 saturated carbocycles. The zero-order valence-electron chi connectivity index (χ0n) is 14.9. The summed E-state index contributed by atoms with van der Waals surface area (Å²) in [6.45, 7) is 0. The zero-order chi connectivity index (χ0) is 20.4. The van der Waals surface area contributed by atoms with E-state index in [1.54, 1.807) is 0 Å². The normalized spacial score (nSPS) is 10.7. The second-order valence-corrected chi connectivity index (χ2v) is 6.26. The van der Waals surface area contributed by atoms with E-state index < -0.39 is 23.4 Å². The Balaban J connectivity index is 1.75. The summed E-state index contributed by atoms with van der Waals surface area (Å²) < 4.78 is 41.4. The number of amides is 1. The lowest BCUT2D eigenvalue weighted by Gasteiger charge is -2.06. The number of benzene rings is 3. The van der Waals surface area contributed by atoms with Gasteiger partial charge in [-0.05, 0) is 48.5 Å². The van der Waals surface area contributed by atoms with Crippen LogP contribution in [0.2, 0.25) is 0 Å². The standard InChI is InChI=1S/C22H14F3N3O/c23-15-8-6-14(7-9-15)21-18(13-28(27-21)17-4-2-1-3-5-17)22(29)26-16-10-11-19(24)20(25)12-16/h1-13H,(H,26,29). The Bertz CT molecular complexity index is 1170. The lowest BCUT2D eigenvalue weighted by molar-refractivity contribution is 0.102. The van der Waals surface area contributed by atoms with Crippen LogP contribution in [0.15, 0.2) is 79.0 Å². The van der Waals surface area contributed by atoms with Gasteiger partial charge in [-0.3, -0.25) is 4.79 Å². The van der Waals surface area contributed by atoms with Gasteiger partial charge in [-0.2, -0.15) is 5.10 Å². The first kappa shape index (κ1) is 18.5. The summed E-state index contributed by atoms with van der Waals surface area (Å²) >= 11 is 0. The molecule has 0 radical (unpaired) electrons. The molecule has 0 aliphatic rings. The Hall–Kier alpha value is -3.87. The number of nitrogens with zero attached hydrogens (tertiary/aromatic N) is 2. The van der Waals surface area contributed by atoms with Gasteiger partial charge in [0.25, 0.3) is 5.91 Å². The Morgan fingerprint density at radius 2 is 1.59 bits per heavy atom. The number of anilines is 1. The van der Waals surface area contributed by atoms with Crippen molar-refractivity contribution in [1.29, 1.82) is 0 Å². The molecule has 1 aromatic heterocycles.